The topological polar surface area (TPSA) is 33.3 Å². The molecule has 76 valence electrons. The highest BCUT2D eigenvalue weighted by Gasteiger charge is 2.32. The highest BCUT2D eigenvalue weighted by Crippen LogP contribution is 2.31. The van der Waals surface area contributed by atoms with Crippen LogP contribution in [0.5, 0.6) is 0 Å². The van der Waals surface area contributed by atoms with Crippen molar-refractivity contribution in [2.45, 2.75) is 31.3 Å². The highest BCUT2D eigenvalue weighted by atomic mass is 16.5. The van der Waals surface area contributed by atoms with E-state index in [4.69, 9.17) is 4.74 Å². The summed E-state index contributed by atoms with van der Waals surface area (Å²) in [5.41, 5.74) is 0. The standard InChI is InChI=1S/C10H20N2O/c1-11-10(8-3-2-4-8)9-7-13-6-5-12-9/h8-12H,2-7H2,1H3. The van der Waals surface area contributed by atoms with Crippen molar-refractivity contribution < 1.29 is 4.74 Å². The Morgan fingerprint density at radius 2 is 2.31 bits per heavy atom. The Balaban J connectivity index is 1.86. The summed E-state index contributed by atoms with van der Waals surface area (Å²) in [7, 11) is 2.07. The van der Waals surface area contributed by atoms with Crippen LogP contribution in [0.15, 0.2) is 0 Å². The number of likely N-dealkylation sites (N-methyl/N-ethyl adjacent to an activating group) is 1. The Morgan fingerprint density at radius 1 is 1.46 bits per heavy atom. The highest BCUT2D eigenvalue weighted by molar-refractivity contribution is 4.91. The zero-order valence-corrected chi connectivity index (χ0v) is 8.38. The SMILES string of the molecule is CNC(C1CCC1)C1COCCN1. The molecule has 2 fully saturated rings. The molecule has 13 heavy (non-hydrogen) atoms. The minimum atomic E-state index is 0.532. The first kappa shape index (κ1) is 9.44. The summed E-state index contributed by atoms with van der Waals surface area (Å²) in [4.78, 5) is 0. The fourth-order valence-electron chi connectivity index (χ4n) is 2.38. The third kappa shape index (κ3) is 2.03. The van der Waals surface area contributed by atoms with Crippen molar-refractivity contribution in [2.75, 3.05) is 26.8 Å². The molecule has 0 aromatic carbocycles. The molecule has 2 atom stereocenters. The van der Waals surface area contributed by atoms with E-state index in [1.54, 1.807) is 0 Å². The molecule has 0 spiro atoms. The molecular weight excluding hydrogens is 164 g/mol. The average Bonchev–Trinajstić information content (AvgIpc) is 2.12. The third-order valence-corrected chi connectivity index (χ3v) is 3.37. The molecule has 1 aliphatic carbocycles. The molecule has 0 bridgehead atoms. The van der Waals surface area contributed by atoms with Gasteiger partial charge in [-0.05, 0) is 25.8 Å². The van der Waals surface area contributed by atoms with Crippen molar-refractivity contribution in [2.24, 2.45) is 5.92 Å². The summed E-state index contributed by atoms with van der Waals surface area (Å²) in [5, 5.41) is 6.96. The molecule has 1 saturated carbocycles. The van der Waals surface area contributed by atoms with Gasteiger partial charge in [-0.1, -0.05) is 6.42 Å². The maximum absolute atomic E-state index is 5.48. The Kier molecular flexibility index (Phi) is 3.19. The molecule has 1 aliphatic heterocycles. The summed E-state index contributed by atoms with van der Waals surface area (Å²) < 4.78 is 5.48. The van der Waals surface area contributed by atoms with Crippen molar-refractivity contribution in [3.8, 4) is 0 Å². The van der Waals surface area contributed by atoms with E-state index in [0.29, 0.717) is 12.1 Å². The molecule has 0 amide bonds. The van der Waals surface area contributed by atoms with Crippen LogP contribution in [0.2, 0.25) is 0 Å². The summed E-state index contributed by atoms with van der Waals surface area (Å²) in [5.74, 6) is 0.879. The molecule has 3 heteroatoms. The average molecular weight is 184 g/mol. The molecule has 0 aromatic heterocycles. The number of ether oxygens (including phenoxy) is 1. The molecule has 2 aliphatic rings. The van der Waals surface area contributed by atoms with Gasteiger partial charge in [0.2, 0.25) is 0 Å². The smallest absolute Gasteiger partial charge is 0.0635 e. The number of nitrogens with one attached hydrogen (secondary N) is 2. The van der Waals surface area contributed by atoms with Crippen LogP contribution in [0.25, 0.3) is 0 Å². The largest absolute Gasteiger partial charge is 0.378 e. The van der Waals surface area contributed by atoms with Gasteiger partial charge in [0.25, 0.3) is 0 Å². The lowest BCUT2D eigenvalue weighted by atomic mass is 9.77. The first-order valence-electron chi connectivity index (χ1n) is 5.40. The first-order chi connectivity index (χ1) is 6.42. The van der Waals surface area contributed by atoms with Gasteiger partial charge in [0.1, 0.15) is 0 Å². The van der Waals surface area contributed by atoms with Gasteiger partial charge in [0.15, 0.2) is 0 Å². The zero-order valence-electron chi connectivity index (χ0n) is 8.38. The number of hydrogen-bond acceptors (Lipinski definition) is 3. The molecule has 0 radical (unpaired) electrons. The fraction of sp³-hybridized carbons (Fsp3) is 1.00. The molecule has 0 aromatic rings. The van der Waals surface area contributed by atoms with Gasteiger partial charge < -0.3 is 15.4 Å². The van der Waals surface area contributed by atoms with E-state index < -0.39 is 0 Å². The van der Waals surface area contributed by atoms with Crippen LogP contribution in [0.1, 0.15) is 19.3 Å². The van der Waals surface area contributed by atoms with Crippen molar-refractivity contribution in [3.05, 3.63) is 0 Å². The van der Waals surface area contributed by atoms with Crippen LogP contribution in [0.4, 0.5) is 0 Å². The Labute approximate surface area is 80.2 Å². The van der Waals surface area contributed by atoms with Gasteiger partial charge in [-0.2, -0.15) is 0 Å². The maximum Gasteiger partial charge on any atom is 0.0635 e. The van der Waals surface area contributed by atoms with Crippen molar-refractivity contribution in [1.82, 2.24) is 10.6 Å². The summed E-state index contributed by atoms with van der Waals surface area (Å²) in [6.45, 7) is 2.76. The molecule has 2 rings (SSSR count). The Bertz CT molecular complexity index is 153. The molecule has 2 N–H and O–H groups in total. The third-order valence-electron chi connectivity index (χ3n) is 3.37. The maximum atomic E-state index is 5.48. The minimum Gasteiger partial charge on any atom is -0.378 e. The van der Waals surface area contributed by atoms with E-state index >= 15 is 0 Å². The molecule has 3 nitrogen and oxygen atoms in total. The van der Waals surface area contributed by atoms with Gasteiger partial charge >= 0.3 is 0 Å². The number of hydrogen-bond donors (Lipinski definition) is 2. The van der Waals surface area contributed by atoms with Crippen LogP contribution >= 0.6 is 0 Å². The van der Waals surface area contributed by atoms with Crippen LogP contribution in [0, 0.1) is 5.92 Å². The lowest BCUT2D eigenvalue weighted by molar-refractivity contribution is 0.0462. The lowest BCUT2D eigenvalue weighted by Crippen LogP contribution is -2.57. The van der Waals surface area contributed by atoms with Crippen molar-refractivity contribution in [3.63, 3.8) is 0 Å². The van der Waals surface area contributed by atoms with E-state index in [1.807, 2.05) is 0 Å². The number of rotatable bonds is 3. The Morgan fingerprint density at radius 3 is 2.77 bits per heavy atom. The monoisotopic (exact) mass is 184 g/mol. The minimum absolute atomic E-state index is 0.532. The zero-order chi connectivity index (χ0) is 9.10. The van der Waals surface area contributed by atoms with E-state index in [-0.39, 0.29) is 0 Å². The number of morpholine rings is 1. The van der Waals surface area contributed by atoms with Crippen LogP contribution < -0.4 is 10.6 Å². The van der Waals surface area contributed by atoms with Gasteiger partial charge in [0.05, 0.1) is 13.2 Å². The molecule has 1 saturated heterocycles. The van der Waals surface area contributed by atoms with Gasteiger partial charge in [0, 0.05) is 18.6 Å². The van der Waals surface area contributed by atoms with Crippen molar-refractivity contribution >= 4 is 0 Å². The second kappa shape index (κ2) is 4.40. The second-order valence-corrected chi connectivity index (χ2v) is 4.14. The summed E-state index contributed by atoms with van der Waals surface area (Å²) >= 11 is 0. The normalized spacial score (nSPS) is 32.5. The van der Waals surface area contributed by atoms with Gasteiger partial charge in [-0.25, -0.2) is 0 Å². The van der Waals surface area contributed by atoms with Crippen LogP contribution in [-0.2, 0) is 4.74 Å². The van der Waals surface area contributed by atoms with E-state index in [1.165, 1.54) is 19.3 Å². The van der Waals surface area contributed by atoms with Crippen LogP contribution in [-0.4, -0.2) is 38.9 Å². The predicted molar refractivity (Wildman–Crippen MR) is 52.8 cm³/mol. The van der Waals surface area contributed by atoms with Crippen LogP contribution in [0.3, 0.4) is 0 Å². The molecule has 2 unspecified atom stereocenters. The lowest BCUT2D eigenvalue weighted by Gasteiger charge is -2.40. The van der Waals surface area contributed by atoms with Gasteiger partial charge in [-0.15, -0.1) is 0 Å². The fourth-order valence-corrected chi connectivity index (χ4v) is 2.38. The van der Waals surface area contributed by atoms with Gasteiger partial charge in [-0.3, -0.25) is 0 Å². The second-order valence-electron chi connectivity index (χ2n) is 4.14. The Hall–Kier alpha value is -0.120. The molecule has 1 heterocycles. The molecular formula is C10H20N2O. The summed E-state index contributed by atoms with van der Waals surface area (Å²) in [6, 6.07) is 1.15. The van der Waals surface area contributed by atoms with E-state index in [0.717, 1.165) is 25.7 Å². The quantitative estimate of drug-likeness (QED) is 0.664. The summed E-state index contributed by atoms with van der Waals surface area (Å²) in [6.07, 6.45) is 4.20. The van der Waals surface area contributed by atoms with Crippen molar-refractivity contribution in [1.29, 1.82) is 0 Å². The van der Waals surface area contributed by atoms with E-state index in [9.17, 15) is 0 Å². The first-order valence-corrected chi connectivity index (χ1v) is 5.40. The van der Waals surface area contributed by atoms with E-state index in [2.05, 4.69) is 17.7 Å². The predicted octanol–water partition coefficient (Wildman–Crippen LogP) is 0.363.